The lowest BCUT2D eigenvalue weighted by Crippen LogP contribution is -2.02. The molecule has 0 aliphatic carbocycles. The maximum Gasteiger partial charge on any atom is 0.336 e. The van der Waals surface area contributed by atoms with Gasteiger partial charge in [0, 0.05) is 5.56 Å². The topological polar surface area (TPSA) is 61.7 Å². The third kappa shape index (κ3) is 3.33. The van der Waals surface area contributed by atoms with Crippen molar-refractivity contribution >= 4 is 29.5 Å². The Bertz CT molecular complexity index is 626. The van der Waals surface area contributed by atoms with Gasteiger partial charge in [-0.05, 0) is 18.2 Å². The zero-order chi connectivity index (χ0) is 13.7. The van der Waals surface area contributed by atoms with Crippen molar-refractivity contribution in [3.05, 3.63) is 64.7 Å². The summed E-state index contributed by atoms with van der Waals surface area (Å²) in [4.78, 5) is 11.0. The minimum atomic E-state index is -0.986. The van der Waals surface area contributed by atoms with Crippen LogP contribution < -0.4 is 5.43 Å². The van der Waals surface area contributed by atoms with E-state index in [4.69, 9.17) is 16.7 Å². The van der Waals surface area contributed by atoms with Crippen molar-refractivity contribution in [3.63, 3.8) is 0 Å². The fraction of sp³-hybridized carbons (Fsp3) is 0. The lowest BCUT2D eigenvalue weighted by atomic mass is 10.1. The molecule has 2 aromatic carbocycles. The SMILES string of the molecule is O=C(O)c1ccccc1/C=N/Nc1ccccc1Cl. The molecule has 0 spiro atoms. The molecule has 0 fully saturated rings. The highest BCUT2D eigenvalue weighted by Crippen LogP contribution is 2.20. The molecule has 0 saturated carbocycles. The summed E-state index contributed by atoms with van der Waals surface area (Å²) in [6.07, 6.45) is 1.45. The van der Waals surface area contributed by atoms with Crippen molar-refractivity contribution in [2.24, 2.45) is 5.10 Å². The Morgan fingerprint density at radius 2 is 1.84 bits per heavy atom. The molecule has 0 atom stereocenters. The third-order valence-electron chi connectivity index (χ3n) is 2.45. The molecule has 0 amide bonds. The van der Waals surface area contributed by atoms with Crippen molar-refractivity contribution in [1.29, 1.82) is 0 Å². The second-order valence-corrected chi connectivity index (χ2v) is 4.15. The molecule has 19 heavy (non-hydrogen) atoms. The molecular formula is C14H11ClN2O2. The largest absolute Gasteiger partial charge is 0.478 e. The van der Waals surface area contributed by atoms with E-state index in [0.717, 1.165) is 0 Å². The van der Waals surface area contributed by atoms with E-state index in [-0.39, 0.29) is 5.56 Å². The number of anilines is 1. The predicted molar refractivity (Wildman–Crippen MR) is 76.1 cm³/mol. The number of rotatable bonds is 4. The Morgan fingerprint density at radius 3 is 2.58 bits per heavy atom. The summed E-state index contributed by atoms with van der Waals surface area (Å²) in [6, 6.07) is 13.8. The van der Waals surface area contributed by atoms with Gasteiger partial charge in [0.25, 0.3) is 0 Å². The number of hydrogen-bond acceptors (Lipinski definition) is 3. The molecule has 2 rings (SSSR count). The number of carboxylic acid groups (broad SMARTS) is 1. The number of hydrazone groups is 1. The summed E-state index contributed by atoms with van der Waals surface area (Å²) in [6.45, 7) is 0. The molecule has 96 valence electrons. The van der Waals surface area contributed by atoms with Crippen LogP contribution in [0.25, 0.3) is 0 Å². The first kappa shape index (κ1) is 13.1. The molecule has 0 radical (unpaired) electrons. The number of carboxylic acids is 1. The van der Waals surface area contributed by atoms with Crippen LogP contribution in [0.1, 0.15) is 15.9 Å². The van der Waals surface area contributed by atoms with Gasteiger partial charge < -0.3 is 5.11 Å². The normalized spacial score (nSPS) is 10.6. The fourth-order valence-corrected chi connectivity index (χ4v) is 1.71. The second-order valence-electron chi connectivity index (χ2n) is 3.74. The first-order chi connectivity index (χ1) is 9.18. The van der Waals surface area contributed by atoms with Crippen LogP contribution in [0.2, 0.25) is 5.02 Å². The van der Waals surface area contributed by atoms with Crippen LogP contribution in [-0.4, -0.2) is 17.3 Å². The Labute approximate surface area is 115 Å². The van der Waals surface area contributed by atoms with Crippen molar-refractivity contribution in [2.45, 2.75) is 0 Å². The van der Waals surface area contributed by atoms with Crippen molar-refractivity contribution < 1.29 is 9.90 Å². The predicted octanol–water partition coefficient (Wildman–Crippen LogP) is 3.48. The average molecular weight is 275 g/mol. The summed E-state index contributed by atoms with van der Waals surface area (Å²) in [5, 5.41) is 13.6. The van der Waals surface area contributed by atoms with E-state index in [2.05, 4.69) is 10.5 Å². The number of benzene rings is 2. The number of halogens is 1. The van der Waals surface area contributed by atoms with Gasteiger partial charge in [-0.15, -0.1) is 0 Å². The summed E-state index contributed by atoms with van der Waals surface area (Å²) in [5.74, 6) is -0.986. The van der Waals surface area contributed by atoms with Gasteiger partial charge >= 0.3 is 5.97 Å². The Balaban J connectivity index is 2.16. The zero-order valence-corrected chi connectivity index (χ0v) is 10.6. The molecule has 5 heteroatoms. The smallest absolute Gasteiger partial charge is 0.336 e. The van der Waals surface area contributed by atoms with Crippen LogP contribution in [0.15, 0.2) is 53.6 Å². The summed E-state index contributed by atoms with van der Waals surface area (Å²) in [7, 11) is 0. The summed E-state index contributed by atoms with van der Waals surface area (Å²) < 4.78 is 0. The van der Waals surface area contributed by atoms with Gasteiger partial charge in [-0.3, -0.25) is 5.43 Å². The van der Waals surface area contributed by atoms with Crippen LogP contribution in [0, 0.1) is 0 Å². The molecule has 0 bridgehead atoms. The highest BCUT2D eigenvalue weighted by Gasteiger charge is 2.06. The number of aromatic carboxylic acids is 1. The number of carbonyl (C=O) groups is 1. The van der Waals surface area contributed by atoms with E-state index in [0.29, 0.717) is 16.3 Å². The summed E-state index contributed by atoms with van der Waals surface area (Å²) in [5.41, 5.74) is 4.16. The van der Waals surface area contributed by atoms with Crippen LogP contribution in [0.4, 0.5) is 5.69 Å². The molecule has 0 aliphatic rings. The molecule has 0 aromatic heterocycles. The minimum absolute atomic E-state index is 0.201. The molecule has 4 nitrogen and oxygen atoms in total. The van der Waals surface area contributed by atoms with Crippen LogP contribution in [0.3, 0.4) is 0 Å². The van der Waals surface area contributed by atoms with Crippen LogP contribution in [-0.2, 0) is 0 Å². The lowest BCUT2D eigenvalue weighted by Gasteiger charge is -2.03. The Morgan fingerprint density at radius 1 is 1.16 bits per heavy atom. The van der Waals surface area contributed by atoms with Gasteiger partial charge in [-0.25, -0.2) is 4.79 Å². The molecule has 0 unspecified atom stereocenters. The maximum absolute atomic E-state index is 11.0. The molecular weight excluding hydrogens is 264 g/mol. The van der Waals surface area contributed by atoms with Crippen LogP contribution >= 0.6 is 11.6 Å². The van der Waals surface area contributed by atoms with E-state index in [1.54, 1.807) is 30.3 Å². The van der Waals surface area contributed by atoms with Gasteiger partial charge in [0.2, 0.25) is 0 Å². The highest BCUT2D eigenvalue weighted by atomic mass is 35.5. The number of nitrogens with one attached hydrogen (secondary N) is 1. The highest BCUT2D eigenvalue weighted by molar-refractivity contribution is 6.33. The molecule has 2 N–H and O–H groups in total. The van der Waals surface area contributed by atoms with E-state index < -0.39 is 5.97 Å². The Hall–Kier alpha value is -2.33. The number of para-hydroxylation sites is 1. The van der Waals surface area contributed by atoms with E-state index in [1.165, 1.54) is 12.3 Å². The van der Waals surface area contributed by atoms with Crippen molar-refractivity contribution in [2.75, 3.05) is 5.43 Å². The quantitative estimate of drug-likeness (QED) is 0.663. The van der Waals surface area contributed by atoms with Gasteiger partial charge in [0.1, 0.15) is 0 Å². The van der Waals surface area contributed by atoms with Gasteiger partial charge in [0.15, 0.2) is 0 Å². The standard InChI is InChI=1S/C14H11ClN2O2/c15-12-7-3-4-8-13(12)17-16-9-10-5-1-2-6-11(10)14(18)19/h1-9,17H,(H,18,19)/b16-9+. The number of hydrogen-bond donors (Lipinski definition) is 2. The Kier molecular flexibility index (Phi) is 4.15. The minimum Gasteiger partial charge on any atom is -0.478 e. The maximum atomic E-state index is 11.0. The molecule has 0 aliphatic heterocycles. The monoisotopic (exact) mass is 274 g/mol. The van der Waals surface area contributed by atoms with Crippen molar-refractivity contribution in [3.8, 4) is 0 Å². The first-order valence-electron chi connectivity index (χ1n) is 5.54. The molecule has 0 heterocycles. The van der Waals surface area contributed by atoms with Gasteiger partial charge in [-0.2, -0.15) is 5.10 Å². The van der Waals surface area contributed by atoms with E-state index in [9.17, 15) is 4.79 Å². The zero-order valence-electron chi connectivity index (χ0n) is 9.88. The fourth-order valence-electron chi connectivity index (χ4n) is 1.53. The first-order valence-corrected chi connectivity index (χ1v) is 5.92. The molecule has 2 aromatic rings. The van der Waals surface area contributed by atoms with Gasteiger partial charge in [0.05, 0.1) is 22.5 Å². The van der Waals surface area contributed by atoms with Crippen LogP contribution in [0.5, 0.6) is 0 Å². The second kappa shape index (κ2) is 6.02. The lowest BCUT2D eigenvalue weighted by molar-refractivity contribution is 0.0697. The van der Waals surface area contributed by atoms with Crippen molar-refractivity contribution in [1.82, 2.24) is 0 Å². The number of nitrogens with zero attached hydrogens (tertiary/aromatic N) is 1. The van der Waals surface area contributed by atoms with E-state index in [1.807, 2.05) is 12.1 Å². The van der Waals surface area contributed by atoms with Gasteiger partial charge in [-0.1, -0.05) is 41.9 Å². The molecule has 0 saturated heterocycles. The summed E-state index contributed by atoms with van der Waals surface area (Å²) >= 11 is 5.96. The third-order valence-corrected chi connectivity index (χ3v) is 2.78. The van der Waals surface area contributed by atoms with E-state index >= 15 is 0 Å². The average Bonchev–Trinajstić information content (AvgIpc) is 2.41.